The summed E-state index contributed by atoms with van der Waals surface area (Å²) in [6.07, 6.45) is 0. The number of rotatable bonds is 5. The van der Waals surface area contributed by atoms with Gasteiger partial charge in [0.2, 0.25) is 15.9 Å². The van der Waals surface area contributed by atoms with E-state index in [0.29, 0.717) is 36.8 Å². The molecular weight excluding hydrogens is 392 g/mol. The largest absolute Gasteiger partial charge is 0.339 e. The molecule has 7 heteroatoms. The highest BCUT2D eigenvalue weighted by atomic mass is 32.2. The summed E-state index contributed by atoms with van der Waals surface area (Å²) in [5.41, 5.74) is 3.60. The van der Waals surface area contributed by atoms with Gasteiger partial charge >= 0.3 is 0 Å². The van der Waals surface area contributed by atoms with E-state index >= 15 is 0 Å². The van der Waals surface area contributed by atoms with Crippen molar-refractivity contribution in [2.75, 3.05) is 31.9 Å². The second-order valence-electron chi connectivity index (χ2n) is 7.11. The van der Waals surface area contributed by atoms with E-state index in [2.05, 4.69) is 32.9 Å². The molecule has 0 atom stereocenters. The lowest BCUT2D eigenvalue weighted by atomic mass is 10.1. The van der Waals surface area contributed by atoms with Crippen LogP contribution in [0, 0.1) is 20.8 Å². The fraction of sp³-hybridized carbons (Fsp3) is 0.381. The third kappa shape index (κ3) is 4.59. The van der Waals surface area contributed by atoms with E-state index in [9.17, 15) is 13.2 Å². The van der Waals surface area contributed by atoms with Crippen molar-refractivity contribution in [2.24, 2.45) is 0 Å². The van der Waals surface area contributed by atoms with Gasteiger partial charge in [0.25, 0.3) is 0 Å². The minimum Gasteiger partial charge on any atom is -0.339 e. The Morgan fingerprint density at radius 2 is 1.54 bits per heavy atom. The van der Waals surface area contributed by atoms with Crippen molar-refractivity contribution in [1.29, 1.82) is 0 Å². The molecule has 3 rings (SSSR count). The maximum atomic E-state index is 12.7. The molecule has 0 saturated carbocycles. The zero-order valence-corrected chi connectivity index (χ0v) is 18.1. The molecule has 1 aliphatic heterocycles. The summed E-state index contributed by atoms with van der Waals surface area (Å²) >= 11 is 1.56. The molecule has 0 radical (unpaired) electrons. The molecule has 1 saturated heterocycles. The normalized spacial score (nSPS) is 15.6. The Labute approximate surface area is 171 Å². The molecular formula is C21H26N2O3S2. The van der Waals surface area contributed by atoms with Crippen LogP contribution in [-0.4, -0.2) is 55.5 Å². The fourth-order valence-corrected chi connectivity index (χ4v) is 6.01. The second-order valence-corrected chi connectivity index (χ2v) is 10.0. The van der Waals surface area contributed by atoms with Gasteiger partial charge in [-0.05, 0) is 44.0 Å². The lowest BCUT2D eigenvalue weighted by Gasteiger charge is -2.34. The number of carbonyl (C=O) groups is 1. The summed E-state index contributed by atoms with van der Waals surface area (Å²) in [6.45, 7) is 7.73. The van der Waals surface area contributed by atoms with Crippen LogP contribution in [-0.2, 0) is 14.8 Å². The average Bonchev–Trinajstić information content (AvgIpc) is 2.67. The van der Waals surface area contributed by atoms with Crippen molar-refractivity contribution in [2.45, 2.75) is 30.6 Å². The van der Waals surface area contributed by atoms with Crippen LogP contribution in [0.25, 0.3) is 0 Å². The van der Waals surface area contributed by atoms with Crippen LogP contribution < -0.4 is 0 Å². The summed E-state index contributed by atoms with van der Waals surface area (Å²) in [4.78, 5) is 15.8. The third-order valence-electron chi connectivity index (χ3n) is 4.92. The average molecular weight is 419 g/mol. The molecule has 0 spiro atoms. The first-order chi connectivity index (χ1) is 13.3. The van der Waals surface area contributed by atoms with Gasteiger partial charge in [0, 0.05) is 31.1 Å². The maximum Gasteiger partial charge on any atom is 0.243 e. The first-order valence-electron chi connectivity index (χ1n) is 9.32. The number of hydrogen-bond acceptors (Lipinski definition) is 4. The van der Waals surface area contributed by atoms with E-state index in [1.54, 1.807) is 47.0 Å². The van der Waals surface area contributed by atoms with Gasteiger partial charge in [0.05, 0.1) is 10.6 Å². The number of sulfonamides is 1. The molecule has 2 aromatic rings. The predicted molar refractivity (Wildman–Crippen MR) is 113 cm³/mol. The molecule has 1 fully saturated rings. The van der Waals surface area contributed by atoms with E-state index in [0.717, 1.165) is 4.90 Å². The summed E-state index contributed by atoms with van der Waals surface area (Å²) in [5.74, 6) is 0.428. The lowest BCUT2D eigenvalue weighted by molar-refractivity contribution is -0.129. The monoisotopic (exact) mass is 418 g/mol. The molecule has 28 heavy (non-hydrogen) atoms. The number of carbonyl (C=O) groups excluding carboxylic acids is 1. The van der Waals surface area contributed by atoms with Gasteiger partial charge in [-0.1, -0.05) is 35.9 Å². The molecule has 1 aliphatic rings. The third-order valence-corrected chi connectivity index (χ3v) is 8.15. The van der Waals surface area contributed by atoms with Crippen LogP contribution in [0.3, 0.4) is 0 Å². The first kappa shape index (κ1) is 20.9. The molecule has 0 aliphatic carbocycles. The Kier molecular flexibility index (Phi) is 6.47. The highest BCUT2D eigenvalue weighted by molar-refractivity contribution is 8.00. The minimum atomic E-state index is -3.49. The van der Waals surface area contributed by atoms with Crippen LogP contribution >= 0.6 is 11.8 Å². The summed E-state index contributed by atoms with van der Waals surface area (Å²) in [5, 5.41) is 0. The van der Waals surface area contributed by atoms with Crippen molar-refractivity contribution >= 4 is 27.7 Å². The number of hydrogen-bond donors (Lipinski definition) is 0. The molecule has 1 heterocycles. The van der Waals surface area contributed by atoms with E-state index in [4.69, 9.17) is 0 Å². The number of amides is 1. The van der Waals surface area contributed by atoms with Gasteiger partial charge in [0.15, 0.2) is 0 Å². The quantitative estimate of drug-likeness (QED) is 0.700. The Hall–Kier alpha value is -1.83. The van der Waals surface area contributed by atoms with Crippen LogP contribution in [0.1, 0.15) is 16.7 Å². The molecule has 0 bridgehead atoms. The Balaban J connectivity index is 1.57. The van der Waals surface area contributed by atoms with Gasteiger partial charge in [-0.3, -0.25) is 4.79 Å². The van der Waals surface area contributed by atoms with E-state index in [1.807, 2.05) is 0 Å². The number of nitrogens with zero attached hydrogens (tertiary/aromatic N) is 2. The highest BCUT2D eigenvalue weighted by Crippen LogP contribution is 2.28. The number of piperazine rings is 1. The second kappa shape index (κ2) is 8.68. The van der Waals surface area contributed by atoms with Gasteiger partial charge < -0.3 is 4.90 Å². The molecule has 2 aromatic carbocycles. The van der Waals surface area contributed by atoms with Crippen LogP contribution in [0.5, 0.6) is 0 Å². The summed E-state index contributed by atoms with van der Waals surface area (Å²) in [7, 11) is -3.49. The zero-order valence-electron chi connectivity index (χ0n) is 16.5. The molecule has 0 aromatic heterocycles. The van der Waals surface area contributed by atoms with Gasteiger partial charge in [-0.2, -0.15) is 4.31 Å². The highest BCUT2D eigenvalue weighted by Gasteiger charge is 2.29. The van der Waals surface area contributed by atoms with Gasteiger partial charge in [-0.25, -0.2) is 8.42 Å². The van der Waals surface area contributed by atoms with E-state index < -0.39 is 10.0 Å². The molecule has 0 N–H and O–H groups in total. The number of aryl methyl sites for hydroxylation is 3. The van der Waals surface area contributed by atoms with Crippen molar-refractivity contribution in [3.63, 3.8) is 0 Å². The Morgan fingerprint density at radius 3 is 2.11 bits per heavy atom. The maximum absolute atomic E-state index is 12.7. The van der Waals surface area contributed by atoms with E-state index in [-0.39, 0.29) is 5.91 Å². The standard InChI is InChI=1S/C21H26N2O3S2/c1-16-13-17(2)21(18(3)14-16)27-15-20(24)22-9-11-23(12-10-22)28(25,26)19-7-5-4-6-8-19/h4-8,13-14H,9-12,15H2,1-3H3. The smallest absolute Gasteiger partial charge is 0.243 e. The molecule has 150 valence electrons. The summed E-state index contributed by atoms with van der Waals surface area (Å²) in [6, 6.07) is 12.7. The van der Waals surface area contributed by atoms with Crippen molar-refractivity contribution < 1.29 is 13.2 Å². The minimum absolute atomic E-state index is 0.0566. The zero-order chi connectivity index (χ0) is 20.3. The summed E-state index contributed by atoms with van der Waals surface area (Å²) < 4.78 is 26.9. The van der Waals surface area contributed by atoms with Gasteiger partial charge in [0.1, 0.15) is 0 Å². The van der Waals surface area contributed by atoms with Crippen LogP contribution in [0.15, 0.2) is 52.3 Å². The van der Waals surface area contributed by atoms with Crippen molar-refractivity contribution in [1.82, 2.24) is 9.21 Å². The van der Waals surface area contributed by atoms with Crippen LogP contribution in [0.2, 0.25) is 0 Å². The lowest BCUT2D eigenvalue weighted by Crippen LogP contribution is -2.50. The first-order valence-corrected chi connectivity index (χ1v) is 11.8. The Bertz CT molecular complexity index is 928. The molecule has 5 nitrogen and oxygen atoms in total. The fourth-order valence-electron chi connectivity index (χ4n) is 3.54. The topological polar surface area (TPSA) is 57.7 Å². The molecule has 0 unspecified atom stereocenters. The Morgan fingerprint density at radius 1 is 0.964 bits per heavy atom. The number of thioether (sulfide) groups is 1. The van der Waals surface area contributed by atoms with Crippen molar-refractivity contribution in [3.8, 4) is 0 Å². The van der Waals surface area contributed by atoms with E-state index in [1.165, 1.54) is 21.0 Å². The molecule has 1 amide bonds. The SMILES string of the molecule is Cc1cc(C)c(SCC(=O)N2CCN(S(=O)(=O)c3ccccc3)CC2)c(C)c1. The number of benzene rings is 2. The predicted octanol–water partition coefficient (Wildman–Crippen LogP) is 3.24. The van der Waals surface area contributed by atoms with Gasteiger partial charge in [-0.15, -0.1) is 11.8 Å². The van der Waals surface area contributed by atoms with Crippen molar-refractivity contribution in [3.05, 3.63) is 59.2 Å². The van der Waals surface area contributed by atoms with Crippen LogP contribution in [0.4, 0.5) is 0 Å².